The first-order valence-corrected chi connectivity index (χ1v) is 5.70. The third-order valence-electron chi connectivity index (χ3n) is 2.58. The van der Waals surface area contributed by atoms with Crippen LogP contribution in [0.4, 0.5) is 10.1 Å². The first-order chi connectivity index (χ1) is 9.23. The van der Waals surface area contributed by atoms with Crippen LogP contribution < -0.4 is 0 Å². The summed E-state index contributed by atoms with van der Waals surface area (Å²) in [7, 11) is 0. The van der Waals surface area contributed by atoms with Crippen molar-refractivity contribution in [2.75, 3.05) is 6.54 Å². The van der Waals surface area contributed by atoms with E-state index < -0.39 is 40.9 Å². The van der Waals surface area contributed by atoms with Crippen LogP contribution in [0.25, 0.3) is 0 Å². The standard InChI is InChI=1S/C12H13FN2O5/c1-7(2)14(6-11(16)17)12(18)8-3-4-10(15(19)20)9(13)5-8/h3-5,7H,6H2,1-2H3,(H,16,17). The van der Waals surface area contributed by atoms with E-state index in [1.165, 1.54) is 0 Å². The molecule has 0 bridgehead atoms. The van der Waals surface area contributed by atoms with Crippen molar-refractivity contribution in [2.24, 2.45) is 0 Å². The largest absolute Gasteiger partial charge is 0.480 e. The van der Waals surface area contributed by atoms with Gasteiger partial charge in [0.25, 0.3) is 5.91 Å². The second kappa shape index (κ2) is 6.09. The zero-order valence-electron chi connectivity index (χ0n) is 10.9. The van der Waals surface area contributed by atoms with Crippen LogP contribution in [0.2, 0.25) is 0 Å². The summed E-state index contributed by atoms with van der Waals surface area (Å²) in [4.78, 5) is 33.4. The minimum atomic E-state index is -1.20. The average Bonchev–Trinajstić information content (AvgIpc) is 2.34. The van der Waals surface area contributed by atoms with Crippen molar-refractivity contribution in [1.82, 2.24) is 4.90 Å². The monoisotopic (exact) mass is 284 g/mol. The zero-order chi connectivity index (χ0) is 15.4. The molecule has 0 aromatic heterocycles. The molecule has 1 rings (SSSR count). The molecule has 1 aromatic carbocycles. The van der Waals surface area contributed by atoms with Gasteiger partial charge in [0.15, 0.2) is 0 Å². The molecule has 0 heterocycles. The first kappa shape index (κ1) is 15.5. The molecule has 0 aliphatic carbocycles. The molecule has 0 saturated heterocycles. The molecule has 0 saturated carbocycles. The number of halogens is 1. The van der Waals surface area contributed by atoms with Crippen molar-refractivity contribution in [3.05, 3.63) is 39.7 Å². The van der Waals surface area contributed by atoms with Gasteiger partial charge in [0.2, 0.25) is 5.82 Å². The molecule has 0 unspecified atom stereocenters. The van der Waals surface area contributed by atoms with Gasteiger partial charge in [0, 0.05) is 17.7 Å². The molecule has 1 aromatic rings. The molecule has 0 aliphatic rings. The molecule has 0 fully saturated rings. The van der Waals surface area contributed by atoms with Gasteiger partial charge < -0.3 is 10.0 Å². The Morgan fingerprint density at radius 2 is 2.05 bits per heavy atom. The van der Waals surface area contributed by atoms with Gasteiger partial charge in [-0.05, 0) is 26.0 Å². The maximum Gasteiger partial charge on any atom is 0.323 e. The second-order valence-electron chi connectivity index (χ2n) is 4.34. The first-order valence-electron chi connectivity index (χ1n) is 5.70. The molecule has 20 heavy (non-hydrogen) atoms. The van der Waals surface area contributed by atoms with Crippen LogP contribution >= 0.6 is 0 Å². The highest BCUT2D eigenvalue weighted by Gasteiger charge is 2.23. The number of carboxylic acids is 1. The number of carboxylic acid groups (broad SMARTS) is 1. The lowest BCUT2D eigenvalue weighted by Crippen LogP contribution is -2.40. The topological polar surface area (TPSA) is 101 Å². The predicted molar refractivity (Wildman–Crippen MR) is 66.9 cm³/mol. The van der Waals surface area contributed by atoms with Crippen molar-refractivity contribution in [3.8, 4) is 0 Å². The Morgan fingerprint density at radius 3 is 2.45 bits per heavy atom. The summed E-state index contributed by atoms with van der Waals surface area (Å²) in [6, 6.07) is 2.30. The number of aliphatic carboxylic acids is 1. The normalized spacial score (nSPS) is 10.4. The SMILES string of the molecule is CC(C)N(CC(=O)O)C(=O)c1ccc([N+](=O)[O-])c(F)c1. The summed E-state index contributed by atoms with van der Waals surface area (Å²) >= 11 is 0. The van der Waals surface area contributed by atoms with E-state index in [0.29, 0.717) is 0 Å². The van der Waals surface area contributed by atoms with Gasteiger partial charge in [-0.1, -0.05) is 0 Å². The van der Waals surface area contributed by atoms with E-state index in [-0.39, 0.29) is 5.56 Å². The smallest absolute Gasteiger partial charge is 0.323 e. The highest BCUT2D eigenvalue weighted by atomic mass is 19.1. The zero-order valence-corrected chi connectivity index (χ0v) is 10.9. The lowest BCUT2D eigenvalue weighted by molar-refractivity contribution is -0.387. The molecule has 0 aliphatic heterocycles. The van der Waals surface area contributed by atoms with E-state index in [1.54, 1.807) is 13.8 Å². The van der Waals surface area contributed by atoms with E-state index in [2.05, 4.69) is 0 Å². The Morgan fingerprint density at radius 1 is 1.45 bits per heavy atom. The Labute approximate surface area is 113 Å². The van der Waals surface area contributed by atoms with Gasteiger partial charge in [0.05, 0.1) is 4.92 Å². The number of hydrogen-bond donors (Lipinski definition) is 1. The van der Waals surface area contributed by atoms with Crippen molar-refractivity contribution in [1.29, 1.82) is 0 Å². The Balaban J connectivity index is 3.09. The molecule has 0 atom stereocenters. The average molecular weight is 284 g/mol. The summed E-state index contributed by atoms with van der Waals surface area (Å²) in [5, 5.41) is 19.2. The highest BCUT2D eigenvalue weighted by molar-refractivity contribution is 5.96. The minimum Gasteiger partial charge on any atom is -0.480 e. The van der Waals surface area contributed by atoms with Gasteiger partial charge in [0.1, 0.15) is 6.54 Å². The Bertz CT molecular complexity index is 559. The molecule has 7 nitrogen and oxygen atoms in total. The molecule has 0 radical (unpaired) electrons. The number of nitrogens with zero attached hydrogens (tertiary/aromatic N) is 2. The molecule has 108 valence electrons. The van der Waals surface area contributed by atoms with Crippen molar-refractivity contribution < 1.29 is 24.0 Å². The number of carbonyl (C=O) groups excluding carboxylic acids is 1. The number of nitro groups is 1. The molecular weight excluding hydrogens is 271 g/mol. The van der Waals surface area contributed by atoms with E-state index in [4.69, 9.17) is 5.11 Å². The molecular formula is C12H13FN2O5. The minimum absolute atomic E-state index is 0.136. The van der Waals surface area contributed by atoms with E-state index >= 15 is 0 Å². The number of rotatable bonds is 5. The van der Waals surface area contributed by atoms with Gasteiger partial charge in [-0.2, -0.15) is 4.39 Å². The lowest BCUT2D eigenvalue weighted by Gasteiger charge is -2.24. The number of hydrogen-bond acceptors (Lipinski definition) is 4. The summed E-state index contributed by atoms with van der Waals surface area (Å²) < 4.78 is 13.5. The predicted octanol–water partition coefficient (Wildman–Crippen LogP) is 1.67. The molecule has 8 heteroatoms. The molecule has 1 N–H and O–H groups in total. The maximum atomic E-state index is 13.5. The van der Waals surface area contributed by atoms with Crippen LogP contribution in [-0.2, 0) is 4.79 Å². The lowest BCUT2D eigenvalue weighted by atomic mass is 10.1. The Kier molecular flexibility index (Phi) is 4.73. The van der Waals surface area contributed by atoms with Crippen molar-refractivity contribution in [2.45, 2.75) is 19.9 Å². The number of benzene rings is 1. The Hall–Kier alpha value is -2.51. The van der Waals surface area contributed by atoms with Crippen LogP contribution in [0.1, 0.15) is 24.2 Å². The van der Waals surface area contributed by atoms with Crippen molar-refractivity contribution in [3.63, 3.8) is 0 Å². The number of carbonyl (C=O) groups is 2. The van der Waals surface area contributed by atoms with E-state index in [9.17, 15) is 24.1 Å². The van der Waals surface area contributed by atoms with Crippen LogP contribution in [0, 0.1) is 15.9 Å². The van der Waals surface area contributed by atoms with Crippen LogP contribution in [0.15, 0.2) is 18.2 Å². The fourth-order valence-electron chi connectivity index (χ4n) is 1.59. The summed E-state index contributed by atoms with van der Waals surface area (Å²) in [5.74, 6) is -3.04. The second-order valence-corrected chi connectivity index (χ2v) is 4.34. The van der Waals surface area contributed by atoms with Crippen molar-refractivity contribution >= 4 is 17.6 Å². The van der Waals surface area contributed by atoms with Gasteiger partial charge >= 0.3 is 11.7 Å². The quantitative estimate of drug-likeness (QED) is 0.654. The van der Waals surface area contributed by atoms with Gasteiger partial charge in [-0.3, -0.25) is 19.7 Å². The summed E-state index contributed by atoms with van der Waals surface area (Å²) in [6.45, 7) is 2.69. The molecule has 1 amide bonds. The maximum absolute atomic E-state index is 13.5. The van der Waals surface area contributed by atoms with Crippen LogP contribution in [0.5, 0.6) is 0 Å². The summed E-state index contributed by atoms with van der Waals surface area (Å²) in [5.41, 5.74) is -0.876. The third-order valence-corrected chi connectivity index (χ3v) is 2.58. The van der Waals surface area contributed by atoms with E-state index in [0.717, 1.165) is 23.1 Å². The van der Waals surface area contributed by atoms with Crippen LogP contribution in [0.3, 0.4) is 0 Å². The fourth-order valence-corrected chi connectivity index (χ4v) is 1.59. The number of nitro benzene ring substituents is 1. The van der Waals surface area contributed by atoms with Gasteiger partial charge in [-0.15, -0.1) is 0 Å². The summed E-state index contributed by atoms with van der Waals surface area (Å²) in [6.07, 6.45) is 0. The van der Waals surface area contributed by atoms with E-state index in [1.807, 2.05) is 0 Å². The number of amides is 1. The fraction of sp³-hybridized carbons (Fsp3) is 0.333. The highest BCUT2D eigenvalue weighted by Crippen LogP contribution is 2.19. The van der Waals surface area contributed by atoms with Crippen LogP contribution in [-0.4, -0.2) is 39.4 Å². The molecule has 0 spiro atoms. The van der Waals surface area contributed by atoms with Gasteiger partial charge in [-0.25, -0.2) is 0 Å². The third kappa shape index (κ3) is 3.50.